The van der Waals surface area contributed by atoms with Gasteiger partial charge in [0.1, 0.15) is 0 Å². The van der Waals surface area contributed by atoms with Crippen LogP contribution in [0.15, 0.2) is 30.3 Å². The summed E-state index contributed by atoms with van der Waals surface area (Å²) in [5.41, 5.74) is 1.27. The monoisotopic (exact) mass is 323 g/mol. The zero-order valence-electron chi connectivity index (χ0n) is 13.0. The standard InChI is InChI=1S/C17H25N3O.ClH/c21-17(15-7-9-18-10-8-15)20-12-4-11-19(13-14-20)16-5-2-1-3-6-16;/h1-3,5-6,15,18H,4,7-14H2;1H. The first-order valence-corrected chi connectivity index (χ1v) is 8.14. The number of nitrogens with one attached hydrogen (secondary N) is 1. The van der Waals surface area contributed by atoms with Crippen molar-refractivity contribution in [3.8, 4) is 0 Å². The highest BCUT2D eigenvalue weighted by molar-refractivity contribution is 5.85. The molecule has 0 radical (unpaired) electrons. The number of carbonyl (C=O) groups excluding carboxylic acids is 1. The van der Waals surface area contributed by atoms with Crippen molar-refractivity contribution in [1.82, 2.24) is 10.2 Å². The van der Waals surface area contributed by atoms with Crippen LogP contribution in [-0.4, -0.2) is 50.1 Å². The second kappa shape index (κ2) is 8.39. The van der Waals surface area contributed by atoms with Gasteiger partial charge in [0.15, 0.2) is 0 Å². The Bertz CT molecular complexity index is 462. The van der Waals surface area contributed by atoms with Crippen LogP contribution in [0, 0.1) is 5.92 Å². The minimum absolute atomic E-state index is 0. The molecule has 0 bridgehead atoms. The van der Waals surface area contributed by atoms with Crippen molar-refractivity contribution in [1.29, 1.82) is 0 Å². The Morgan fingerprint density at radius 2 is 1.73 bits per heavy atom. The van der Waals surface area contributed by atoms with Crippen LogP contribution in [0.2, 0.25) is 0 Å². The number of para-hydroxylation sites is 1. The number of nitrogens with zero attached hydrogens (tertiary/aromatic N) is 2. The lowest BCUT2D eigenvalue weighted by atomic mass is 9.96. The van der Waals surface area contributed by atoms with Crippen LogP contribution in [0.3, 0.4) is 0 Å². The van der Waals surface area contributed by atoms with Crippen LogP contribution in [0.4, 0.5) is 5.69 Å². The minimum Gasteiger partial charge on any atom is -0.370 e. The lowest BCUT2D eigenvalue weighted by molar-refractivity contribution is -0.136. The fraction of sp³-hybridized carbons (Fsp3) is 0.588. The smallest absolute Gasteiger partial charge is 0.225 e. The number of hydrogen-bond donors (Lipinski definition) is 1. The number of anilines is 1. The summed E-state index contributed by atoms with van der Waals surface area (Å²) >= 11 is 0. The molecule has 2 saturated heterocycles. The molecule has 0 spiro atoms. The third-order valence-electron chi connectivity index (χ3n) is 4.62. The van der Waals surface area contributed by atoms with E-state index >= 15 is 0 Å². The Labute approximate surface area is 139 Å². The molecule has 2 aliphatic rings. The van der Waals surface area contributed by atoms with Crippen molar-refractivity contribution in [2.45, 2.75) is 19.3 Å². The van der Waals surface area contributed by atoms with Crippen LogP contribution in [0.1, 0.15) is 19.3 Å². The van der Waals surface area contributed by atoms with E-state index in [0.29, 0.717) is 5.91 Å². The summed E-state index contributed by atoms with van der Waals surface area (Å²) in [4.78, 5) is 17.1. The van der Waals surface area contributed by atoms with Gasteiger partial charge in [-0.3, -0.25) is 4.79 Å². The maximum absolute atomic E-state index is 12.6. The Kier molecular flexibility index (Phi) is 6.52. The van der Waals surface area contributed by atoms with Crippen molar-refractivity contribution in [2.24, 2.45) is 5.92 Å². The zero-order chi connectivity index (χ0) is 14.5. The van der Waals surface area contributed by atoms with Crippen LogP contribution in [0.5, 0.6) is 0 Å². The topological polar surface area (TPSA) is 35.6 Å². The number of hydrogen-bond acceptors (Lipinski definition) is 3. The number of carbonyl (C=O) groups is 1. The van der Waals surface area contributed by atoms with Gasteiger partial charge < -0.3 is 15.1 Å². The minimum atomic E-state index is 0. The number of benzene rings is 1. The molecule has 122 valence electrons. The number of halogens is 1. The van der Waals surface area contributed by atoms with Gasteiger partial charge in [-0.15, -0.1) is 12.4 Å². The van der Waals surface area contributed by atoms with Gasteiger partial charge in [0.25, 0.3) is 0 Å². The first-order valence-electron chi connectivity index (χ1n) is 8.14. The number of amides is 1. The molecule has 22 heavy (non-hydrogen) atoms. The Balaban J connectivity index is 0.00000176. The highest BCUT2D eigenvalue weighted by Gasteiger charge is 2.27. The maximum atomic E-state index is 12.6. The third kappa shape index (κ3) is 4.14. The largest absolute Gasteiger partial charge is 0.370 e. The van der Waals surface area contributed by atoms with Crippen molar-refractivity contribution >= 4 is 24.0 Å². The second-order valence-electron chi connectivity index (χ2n) is 6.03. The maximum Gasteiger partial charge on any atom is 0.225 e. The predicted octanol–water partition coefficient (Wildman–Crippen LogP) is 2.15. The second-order valence-corrected chi connectivity index (χ2v) is 6.03. The molecule has 0 saturated carbocycles. The van der Waals surface area contributed by atoms with Crippen molar-refractivity contribution < 1.29 is 4.79 Å². The molecule has 3 rings (SSSR count). The molecule has 1 aromatic rings. The fourth-order valence-electron chi connectivity index (χ4n) is 3.36. The summed E-state index contributed by atoms with van der Waals surface area (Å²) in [6.45, 7) is 5.73. The molecule has 1 aromatic carbocycles. The molecular weight excluding hydrogens is 298 g/mol. The van der Waals surface area contributed by atoms with Crippen molar-refractivity contribution in [2.75, 3.05) is 44.2 Å². The molecule has 0 aliphatic carbocycles. The van der Waals surface area contributed by atoms with E-state index in [9.17, 15) is 4.79 Å². The van der Waals surface area contributed by atoms with Gasteiger partial charge in [-0.25, -0.2) is 0 Å². The summed E-state index contributed by atoms with van der Waals surface area (Å²) in [7, 11) is 0. The number of piperidine rings is 1. The van der Waals surface area contributed by atoms with E-state index < -0.39 is 0 Å². The van der Waals surface area contributed by atoms with Crippen LogP contribution in [0.25, 0.3) is 0 Å². The first kappa shape index (κ1) is 17.1. The Hall–Kier alpha value is -1.26. The van der Waals surface area contributed by atoms with Gasteiger partial charge >= 0.3 is 0 Å². The lowest BCUT2D eigenvalue weighted by Gasteiger charge is -2.29. The molecule has 2 heterocycles. The van der Waals surface area contributed by atoms with Gasteiger partial charge in [-0.2, -0.15) is 0 Å². The molecule has 4 nitrogen and oxygen atoms in total. The van der Waals surface area contributed by atoms with Crippen molar-refractivity contribution in [3.63, 3.8) is 0 Å². The van der Waals surface area contributed by atoms with Gasteiger partial charge in [-0.1, -0.05) is 18.2 Å². The zero-order valence-corrected chi connectivity index (χ0v) is 13.9. The van der Waals surface area contributed by atoms with E-state index in [1.54, 1.807) is 0 Å². The van der Waals surface area contributed by atoms with E-state index in [1.807, 2.05) is 6.07 Å². The van der Waals surface area contributed by atoms with Gasteiger partial charge in [0.2, 0.25) is 5.91 Å². The molecule has 2 aliphatic heterocycles. The fourth-order valence-corrected chi connectivity index (χ4v) is 3.36. The van der Waals surface area contributed by atoms with Crippen molar-refractivity contribution in [3.05, 3.63) is 30.3 Å². The summed E-state index contributed by atoms with van der Waals surface area (Å²) in [6, 6.07) is 10.5. The van der Waals surface area contributed by atoms with Gasteiger partial charge in [-0.05, 0) is 44.5 Å². The van der Waals surface area contributed by atoms with E-state index in [4.69, 9.17) is 0 Å². The highest BCUT2D eigenvalue weighted by atomic mass is 35.5. The average molecular weight is 324 g/mol. The molecule has 1 N–H and O–H groups in total. The van der Waals surface area contributed by atoms with Gasteiger partial charge in [0.05, 0.1) is 0 Å². The molecule has 2 fully saturated rings. The molecule has 1 amide bonds. The van der Waals surface area contributed by atoms with E-state index in [2.05, 4.69) is 39.4 Å². The lowest BCUT2D eigenvalue weighted by Crippen LogP contribution is -2.42. The average Bonchev–Trinajstić information content (AvgIpc) is 2.82. The summed E-state index contributed by atoms with van der Waals surface area (Å²) in [6.07, 6.45) is 3.06. The van der Waals surface area contributed by atoms with Gasteiger partial charge in [0, 0.05) is 37.8 Å². The predicted molar refractivity (Wildman–Crippen MR) is 92.7 cm³/mol. The third-order valence-corrected chi connectivity index (χ3v) is 4.62. The molecule has 0 aromatic heterocycles. The summed E-state index contributed by atoms with van der Waals surface area (Å²) in [5, 5.41) is 3.33. The van der Waals surface area contributed by atoms with Crippen LogP contribution < -0.4 is 10.2 Å². The Morgan fingerprint density at radius 3 is 2.45 bits per heavy atom. The highest BCUT2D eigenvalue weighted by Crippen LogP contribution is 2.19. The number of rotatable bonds is 2. The first-order chi connectivity index (χ1) is 10.3. The molecule has 0 atom stereocenters. The summed E-state index contributed by atoms with van der Waals surface area (Å²) in [5.74, 6) is 0.626. The molecule has 0 unspecified atom stereocenters. The van der Waals surface area contributed by atoms with E-state index in [1.165, 1.54) is 5.69 Å². The van der Waals surface area contributed by atoms with E-state index in [-0.39, 0.29) is 18.3 Å². The molecule has 5 heteroatoms. The SMILES string of the molecule is Cl.O=C(C1CCNCC1)N1CCCN(c2ccccc2)CC1. The summed E-state index contributed by atoms with van der Waals surface area (Å²) < 4.78 is 0. The van der Waals surface area contributed by atoms with Crippen LogP contribution >= 0.6 is 12.4 Å². The quantitative estimate of drug-likeness (QED) is 0.906. The Morgan fingerprint density at radius 1 is 1.00 bits per heavy atom. The van der Waals surface area contributed by atoms with Crippen LogP contribution in [-0.2, 0) is 4.79 Å². The molecular formula is C17H26ClN3O. The normalized spacial score (nSPS) is 20.2. The van der Waals surface area contributed by atoms with E-state index in [0.717, 1.165) is 58.5 Å².